The van der Waals surface area contributed by atoms with E-state index in [0.717, 1.165) is 16.8 Å². The second kappa shape index (κ2) is 7.48. The predicted octanol–water partition coefficient (Wildman–Crippen LogP) is 3.38. The highest BCUT2D eigenvalue weighted by Gasteiger charge is 2.18. The maximum Gasteiger partial charge on any atom is 0.225 e. The summed E-state index contributed by atoms with van der Waals surface area (Å²) in [5.74, 6) is 1.03. The first kappa shape index (κ1) is 19.0. The van der Waals surface area contributed by atoms with Crippen molar-refractivity contribution in [1.82, 2.24) is 20.2 Å². The molecule has 0 aliphatic heterocycles. The molecule has 0 spiro atoms. The third-order valence-corrected chi connectivity index (χ3v) is 4.06. The number of anilines is 2. The van der Waals surface area contributed by atoms with Crippen LogP contribution in [0.1, 0.15) is 44.9 Å². The lowest BCUT2D eigenvalue weighted by Gasteiger charge is -2.19. The summed E-state index contributed by atoms with van der Waals surface area (Å²) < 4.78 is 13.4. The molecular weight excluding hydrogens is 345 g/mol. The van der Waals surface area contributed by atoms with E-state index in [1.165, 1.54) is 12.1 Å². The fourth-order valence-electron chi connectivity index (χ4n) is 2.66. The zero-order chi connectivity index (χ0) is 19.6. The van der Waals surface area contributed by atoms with Gasteiger partial charge in [-0.2, -0.15) is 10.1 Å². The molecule has 0 aliphatic rings. The summed E-state index contributed by atoms with van der Waals surface area (Å²) in [5.41, 5.74) is 8.84. The van der Waals surface area contributed by atoms with Gasteiger partial charge in [-0.15, -0.1) is 0 Å². The zero-order valence-corrected chi connectivity index (χ0v) is 16.1. The van der Waals surface area contributed by atoms with Crippen molar-refractivity contribution in [1.29, 1.82) is 0 Å². The van der Waals surface area contributed by atoms with Crippen molar-refractivity contribution >= 4 is 22.8 Å². The van der Waals surface area contributed by atoms with Crippen LogP contribution in [0.5, 0.6) is 0 Å². The summed E-state index contributed by atoms with van der Waals surface area (Å²) in [6.07, 6.45) is 0. The van der Waals surface area contributed by atoms with Gasteiger partial charge in [-0.1, -0.05) is 26.0 Å². The van der Waals surface area contributed by atoms with Gasteiger partial charge in [-0.3, -0.25) is 5.10 Å². The average molecular weight is 371 g/mol. The number of fused-ring (bicyclic) bond motifs is 1. The molecule has 144 valence electrons. The third kappa shape index (κ3) is 4.71. The van der Waals surface area contributed by atoms with E-state index in [0.29, 0.717) is 30.4 Å². The SMILES string of the molecule is CC(C)c1[nH]nc2c(NCc3cccc(F)c3)nc(NCC(C)(C)N)nc12. The summed E-state index contributed by atoms with van der Waals surface area (Å²) in [6.45, 7) is 8.96. The van der Waals surface area contributed by atoms with Gasteiger partial charge < -0.3 is 16.4 Å². The largest absolute Gasteiger partial charge is 0.364 e. The van der Waals surface area contributed by atoms with Crippen molar-refractivity contribution in [2.75, 3.05) is 17.2 Å². The van der Waals surface area contributed by atoms with Crippen molar-refractivity contribution in [2.45, 2.75) is 45.7 Å². The highest BCUT2D eigenvalue weighted by Crippen LogP contribution is 2.27. The van der Waals surface area contributed by atoms with Crippen LogP contribution in [0.3, 0.4) is 0 Å². The standard InChI is InChI=1S/C19H26FN7/c1-11(2)14-15-16(27-26-14)17(22-9-12-6-5-7-13(20)8-12)25-18(24-15)23-10-19(3,4)21/h5-8,11H,9-10,21H2,1-4H3,(H,26,27)(H2,22,23,24,25). The van der Waals surface area contributed by atoms with E-state index in [-0.39, 0.29) is 11.7 Å². The number of halogens is 1. The normalized spacial score (nSPS) is 12.0. The van der Waals surface area contributed by atoms with Crippen LogP contribution in [0.25, 0.3) is 11.0 Å². The Kier molecular flexibility index (Phi) is 5.27. The molecule has 5 N–H and O–H groups in total. The Morgan fingerprint density at radius 2 is 1.96 bits per heavy atom. The molecular formula is C19H26FN7. The van der Waals surface area contributed by atoms with Crippen LogP contribution in [0, 0.1) is 5.82 Å². The summed E-state index contributed by atoms with van der Waals surface area (Å²) in [5, 5.41) is 13.9. The molecule has 0 bridgehead atoms. The van der Waals surface area contributed by atoms with Gasteiger partial charge >= 0.3 is 0 Å². The maximum absolute atomic E-state index is 13.4. The van der Waals surface area contributed by atoms with Crippen molar-refractivity contribution in [3.63, 3.8) is 0 Å². The molecule has 0 saturated heterocycles. The topological polar surface area (TPSA) is 105 Å². The molecule has 0 atom stereocenters. The van der Waals surface area contributed by atoms with Crippen LogP contribution in [-0.4, -0.2) is 32.2 Å². The van der Waals surface area contributed by atoms with Crippen LogP contribution < -0.4 is 16.4 Å². The van der Waals surface area contributed by atoms with E-state index >= 15 is 0 Å². The third-order valence-electron chi connectivity index (χ3n) is 4.06. The number of nitrogens with zero attached hydrogens (tertiary/aromatic N) is 3. The molecule has 0 saturated carbocycles. The van der Waals surface area contributed by atoms with Gasteiger partial charge in [-0.25, -0.2) is 9.37 Å². The Bertz CT molecular complexity index is 927. The molecule has 0 unspecified atom stereocenters. The van der Waals surface area contributed by atoms with Gasteiger partial charge in [0.05, 0.1) is 5.69 Å². The molecule has 0 fully saturated rings. The summed E-state index contributed by atoms with van der Waals surface area (Å²) >= 11 is 0. The number of benzene rings is 1. The second-order valence-corrected chi connectivity index (χ2v) is 7.71. The number of aromatic amines is 1. The average Bonchev–Trinajstić information content (AvgIpc) is 3.01. The quantitative estimate of drug-likeness (QED) is 0.507. The Labute approximate surface area is 158 Å². The Morgan fingerprint density at radius 3 is 2.63 bits per heavy atom. The molecule has 3 rings (SSSR count). The van der Waals surface area contributed by atoms with E-state index in [1.807, 2.05) is 19.9 Å². The molecule has 27 heavy (non-hydrogen) atoms. The number of hydrogen-bond donors (Lipinski definition) is 4. The molecule has 0 radical (unpaired) electrons. The number of nitrogens with two attached hydrogens (primary N) is 1. The van der Waals surface area contributed by atoms with E-state index in [4.69, 9.17) is 5.73 Å². The summed E-state index contributed by atoms with van der Waals surface area (Å²) in [6, 6.07) is 6.45. The molecule has 2 heterocycles. The van der Waals surface area contributed by atoms with Crippen LogP contribution in [-0.2, 0) is 6.54 Å². The predicted molar refractivity (Wildman–Crippen MR) is 106 cm³/mol. The molecule has 7 nitrogen and oxygen atoms in total. The minimum atomic E-state index is -0.398. The highest BCUT2D eigenvalue weighted by molar-refractivity contribution is 5.88. The first-order valence-electron chi connectivity index (χ1n) is 9.00. The zero-order valence-electron chi connectivity index (χ0n) is 16.1. The minimum absolute atomic E-state index is 0.236. The number of nitrogens with one attached hydrogen (secondary N) is 3. The van der Waals surface area contributed by atoms with E-state index in [9.17, 15) is 4.39 Å². The minimum Gasteiger partial charge on any atom is -0.364 e. The van der Waals surface area contributed by atoms with Gasteiger partial charge in [-0.05, 0) is 37.5 Å². The fraction of sp³-hybridized carbons (Fsp3) is 0.421. The van der Waals surface area contributed by atoms with Gasteiger partial charge in [0.25, 0.3) is 0 Å². The smallest absolute Gasteiger partial charge is 0.225 e. The van der Waals surface area contributed by atoms with E-state index < -0.39 is 5.54 Å². The number of H-pyrrole nitrogens is 1. The molecule has 3 aromatic rings. The van der Waals surface area contributed by atoms with Crippen molar-refractivity contribution in [3.05, 3.63) is 41.3 Å². The maximum atomic E-state index is 13.4. The van der Waals surface area contributed by atoms with Crippen molar-refractivity contribution in [2.24, 2.45) is 5.73 Å². The van der Waals surface area contributed by atoms with Crippen LogP contribution in [0.15, 0.2) is 24.3 Å². The Balaban J connectivity index is 1.93. The molecule has 8 heteroatoms. The van der Waals surface area contributed by atoms with E-state index in [2.05, 4.69) is 44.6 Å². The monoisotopic (exact) mass is 371 g/mol. The number of aromatic nitrogens is 4. The van der Waals surface area contributed by atoms with Gasteiger partial charge in [0.15, 0.2) is 11.3 Å². The molecule has 0 aliphatic carbocycles. The Hall–Kier alpha value is -2.74. The molecule has 2 aromatic heterocycles. The second-order valence-electron chi connectivity index (χ2n) is 7.71. The highest BCUT2D eigenvalue weighted by atomic mass is 19.1. The lowest BCUT2D eigenvalue weighted by Crippen LogP contribution is -2.40. The summed E-state index contributed by atoms with van der Waals surface area (Å²) in [4.78, 5) is 9.17. The van der Waals surface area contributed by atoms with Crippen LogP contribution in [0.2, 0.25) is 0 Å². The van der Waals surface area contributed by atoms with Crippen LogP contribution in [0.4, 0.5) is 16.2 Å². The van der Waals surface area contributed by atoms with Gasteiger partial charge in [0.2, 0.25) is 5.95 Å². The van der Waals surface area contributed by atoms with E-state index in [1.54, 1.807) is 6.07 Å². The molecule has 1 aromatic carbocycles. The molecule has 0 amide bonds. The van der Waals surface area contributed by atoms with Gasteiger partial charge in [0, 0.05) is 18.6 Å². The lowest BCUT2D eigenvalue weighted by atomic mass is 10.1. The van der Waals surface area contributed by atoms with Crippen LogP contribution >= 0.6 is 0 Å². The first-order valence-corrected chi connectivity index (χ1v) is 9.00. The fourth-order valence-corrected chi connectivity index (χ4v) is 2.66. The number of rotatable bonds is 7. The first-order chi connectivity index (χ1) is 12.7. The van der Waals surface area contributed by atoms with Gasteiger partial charge in [0.1, 0.15) is 11.3 Å². The van der Waals surface area contributed by atoms with Crippen molar-refractivity contribution in [3.8, 4) is 0 Å². The lowest BCUT2D eigenvalue weighted by molar-refractivity contribution is 0.547. The summed E-state index contributed by atoms with van der Waals surface area (Å²) in [7, 11) is 0. The van der Waals surface area contributed by atoms with Crippen molar-refractivity contribution < 1.29 is 4.39 Å². The Morgan fingerprint density at radius 1 is 1.19 bits per heavy atom. The number of hydrogen-bond acceptors (Lipinski definition) is 6.